The molecule has 1 unspecified atom stereocenters. The van der Waals surface area contributed by atoms with E-state index in [0.29, 0.717) is 0 Å². The first-order chi connectivity index (χ1) is 9.70. The molecule has 1 fully saturated rings. The lowest BCUT2D eigenvalue weighted by Gasteiger charge is -2.32. The number of rotatable bonds is 7. The van der Waals surface area contributed by atoms with Crippen molar-refractivity contribution in [3.8, 4) is 0 Å². The summed E-state index contributed by atoms with van der Waals surface area (Å²) in [6.45, 7) is 11.1. The maximum Gasteiger partial charge on any atom is 0.107 e. The van der Waals surface area contributed by atoms with E-state index < -0.39 is 0 Å². The zero-order chi connectivity index (χ0) is 14.4. The summed E-state index contributed by atoms with van der Waals surface area (Å²) in [6, 6.07) is 0.721. The van der Waals surface area contributed by atoms with E-state index in [2.05, 4.69) is 31.0 Å². The smallest absolute Gasteiger partial charge is 0.107 e. The minimum Gasteiger partial charge on any atom is -0.312 e. The topological polar surface area (TPSA) is 28.2 Å². The molecule has 2 heterocycles. The van der Waals surface area contributed by atoms with Crippen LogP contribution in [0.25, 0.3) is 0 Å². The van der Waals surface area contributed by atoms with Crippen molar-refractivity contribution >= 4 is 11.3 Å². The summed E-state index contributed by atoms with van der Waals surface area (Å²) in [6.07, 6.45) is 6.60. The zero-order valence-electron chi connectivity index (χ0n) is 13.2. The van der Waals surface area contributed by atoms with Gasteiger partial charge in [0.1, 0.15) is 5.01 Å². The van der Waals surface area contributed by atoms with Crippen LogP contribution in [0.15, 0.2) is 0 Å². The molecule has 0 aromatic carbocycles. The van der Waals surface area contributed by atoms with Crippen molar-refractivity contribution in [2.75, 3.05) is 13.1 Å². The first-order valence-corrected chi connectivity index (χ1v) is 8.92. The summed E-state index contributed by atoms with van der Waals surface area (Å²) in [5, 5.41) is 4.82. The third-order valence-electron chi connectivity index (χ3n) is 4.21. The monoisotopic (exact) mass is 295 g/mol. The maximum atomic E-state index is 4.77. The van der Waals surface area contributed by atoms with Crippen LogP contribution < -0.4 is 5.32 Å². The van der Waals surface area contributed by atoms with E-state index in [4.69, 9.17) is 4.98 Å². The van der Waals surface area contributed by atoms with E-state index in [0.717, 1.165) is 25.7 Å². The van der Waals surface area contributed by atoms with Crippen LogP contribution in [0.3, 0.4) is 0 Å². The molecule has 2 rings (SSSR count). The number of hydrogen-bond acceptors (Lipinski definition) is 4. The average molecular weight is 295 g/mol. The molecule has 20 heavy (non-hydrogen) atoms. The van der Waals surface area contributed by atoms with Crippen LogP contribution in [0, 0.1) is 6.92 Å². The molecular formula is C16H29N3S. The normalized spacial score (nSPS) is 20.4. The Morgan fingerprint density at radius 1 is 1.40 bits per heavy atom. The highest BCUT2D eigenvalue weighted by Gasteiger charge is 2.19. The zero-order valence-corrected chi connectivity index (χ0v) is 14.1. The minimum atomic E-state index is 0.721. The van der Waals surface area contributed by atoms with Crippen LogP contribution in [0.4, 0.5) is 0 Å². The van der Waals surface area contributed by atoms with E-state index in [9.17, 15) is 0 Å². The van der Waals surface area contributed by atoms with Gasteiger partial charge in [-0.1, -0.05) is 19.8 Å². The van der Waals surface area contributed by atoms with Crippen LogP contribution in [-0.4, -0.2) is 29.0 Å². The Balaban J connectivity index is 1.86. The summed E-state index contributed by atoms with van der Waals surface area (Å²) >= 11 is 1.90. The Bertz CT molecular complexity index is 402. The van der Waals surface area contributed by atoms with Gasteiger partial charge in [0.25, 0.3) is 0 Å². The Hall–Kier alpha value is -0.450. The van der Waals surface area contributed by atoms with Gasteiger partial charge in [0.2, 0.25) is 0 Å². The highest BCUT2D eigenvalue weighted by molar-refractivity contribution is 7.11. The third kappa shape index (κ3) is 4.54. The number of thiazole rings is 1. The van der Waals surface area contributed by atoms with Crippen LogP contribution in [0.5, 0.6) is 0 Å². The van der Waals surface area contributed by atoms with Gasteiger partial charge in [0, 0.05) is 17.5 Å². The van der Waals surface area contributed by atoms with Gasteiger partial charge in [-0.2, -0.15) is 0 Å². The number of nitrogens with one attached hydrogen (secondary N) is 1. The van der Waals surface area contributed by atoms with Gasteiger partial charge < -0.3 is 5.32 Å². The van der Waals surface area contributed by atoms with Gasteiger partial charge >= 0.3 is 0 Å². The molecule has 114 valence electrons. The number of nitrogens with zero attached hydrogens (tertiary/aromatic N) is 2. The van der Waals surface area contributed by atoms with Crippen molar-refractivity contribution in [1.82, 2.24) is 15.2 Å². The van der Waals surface area contributed by atoms with E-state index in [1.54, 1.807) is 0 Å². The molecule has 1 N–H and O–H groups in total. The fourth-order valence-electron chi connectivity index (χ4n) is 2.79. The molecule has 1 aromatic heterocycles. The fraction of sp³-hybridized carbons (Fsp3) is 0.812. The van der Waals surface area contributed by atoms with Crippen molar-refractivity contribution in [1.29, 1.82) is 0 Å². The molecule has 0 radical (unpaired) electrons. The van der Waals surface area contributed by atoms with Crippen molar-refractivity contribution in [3.63, 3.8) is 0 Å². The number of aryl methyl sites for hydroxylation is 1. The molecule has 1 aromatic rings. The SMILES string of the molecule is CCCCNCc1sc(CN2CCCCC2C)nc1C. The molecule has 3 nitrogen and oxygen atoms in total. The number of likely N-dealkylation sites (tertiary alicyclic amines) is 1. The lowest BCUT2D eigenvalue weighted by Crippen LogP contribution is -2.36. The van der Waals surface area contributed by atoms with Crippen LogP contribution >= 0.6 is 11.3 Å². The summed E-state index contributed by atoms with van der Waals surface area (Å²) in [7, 11) is 0. The lowest BCUT2D eigenvalue weighted by atomic mass is 10.0. The van der Waals surface area contributed by atoms with Gasteiger partial charge in [0.05, 0.1) is 12.2 Å². The molecule has 0 saturated carbocycles. The molecule has 0 amide bonds. The predicted molar refractivity (Wildman–Crippen MR) is 87.2 cm³/mol. The van der Waals surface area contributed by atoms with E-state index in [1.165, 1.54) is 54.2 Å². The summed E-state index contributed by atoms with van der Waals surface area (Å²) in [5.41, 5.74) is 1.22. The second-order valence-corrected chi connectivity index (χ2v) is 7.13. The first kappa shape index (κ1) is 15.9. The Morgan fingerprint density at radius 2 is 2.25 bits per heavy atom. The second-order valence-electron chi connectivity index (χ2n) is 5.96. The second kappa shape index (κ2) is 8.11. The molecule has 1 atom stereocenters. The van der Waals surface area contributed by atoms with Crippen LogP contribution in [-0.2, 0) is 13.1 Å². The molecule has 1 aliphatic rings. The van der Waals surface area contributed by atoms with Gasteiger partial charge in [-0.25, -0.2) is 4.98 Å². The number of hydrogen-bond donors (Lipinski definition) is 1. The van der Waals surface area contributed by atoms with Gasteiger partial charge in [-0.05, 0) is 46.2 Å². The van der Waals surface area contributed by atoms with E-state index >= 15 is 0 Å². The molecule has 0 bridgehead atoms. The maximum absolute atomic E-state index is 4.77. The Morgan fingerprint density at radius 3 is 3.00 bits per heavy atom. The highest BCUT2D eigenvalue weighted by Crippen LogP contribution is 2.23. The summed E-state index contributed by atoms with van der Waals surface area (Å²) in [5.74, 6) is 0. The average Bonchev–Trinajstić information content (AvgIpc) is 2.78. The van der Waals surface area contributed by atoms with E-state index in [1.807, 2.05) is 11.3 Å². The molecule has 1 aliphatic heterocycles. The minimum absolute atomic E-state index is 0.721. The third-order valence-corrected chi connectivity index (χ3v) is 5.35. The van der Waals surface area contributed by atoms with E-state index in [-0.39, 0.29) is 0 Å². The summed E-state index contributed by atoms with van der Waals surface area (Å²) in [4.78, 5) is 8.79. The van der Waals surface area contributed by atoms with Crippen molar-refractivity contribution in [2.45, 2.75) is 72.0 Å². The highest BCUT2D eigenvalue weighted by atomic mass is 32.1. The Kier molecular flexibility index (Phi) is 6.46. The number of piperidine rings is 1. The van der Waals surface area contributed by atoms with Crippen molar-refractivity contribution in [2.24, 2.45) is 0 Å². The standard InChI is InChI=1S/C16H29N3S/c1-4-5-9-17-11-15-14(3)18-16(20-15)12-19-10-7-6-8-13(19)2/h13,17H,4-12H2,1-3H3. The molecule has 0 aliphatic carbocycles. The quantitative estimate of drug-likeness (QED) is 0.777. The van der Waals surface area contributed by atoms with Crippen LogP contribution in [0.2, 0.25) is 0 Å². The molecule has 4 heteroatoms. The fourth-order valence-corrected chi connectivity index (χ4v) is 3.85. The van der Waals surface area contributed by atoms with Crippen molar-refractivity contribution < 1.29 is 0 Å². The number of unbranched alkanes of at least 4 members (excludes halogenated alkanes) is 1. The largest absolute Gasteiger partial charge is 0.312 e. The molecule has 0 spiro atoms. The predicted octanol–water partition coefficient (Wildman–Crippen LogP) is 3.72. The Labute approximate surface area is 127 Å². The van der Waals surface area contributed by atoms with Gasteiger partial charge in [-0.3, -0.25) is 4.90 Å². The number of aromatic nitrogens is 1. The molecule has 1 saturated heterocycles. The van der Waals surface area contributed by atoms with Crippen LogP contribution in [0.1, 0.15) is 61.5 Å². The van der Waals surface area contributed by atoms with Crippen molar-refractivity contribution in [3.05, 3.63) is 15.6 Å². The first-order valence-electron chi connectivity index (χ1n) is 8.10. The molecular weight excluding hydrogens is 266 g/mol. The van der Waals surface area contributed by atoms with Gasteiger partial charge in [0.15, 0.2) is 0 Å². The van der Waals surface area contributed by atoms with Gasteiger partial charge in [-0.15, -0.1) is 11.3 Å². The lowest BCUT2D eigenvalue weighted by molar-refractivity contribution is 0.152. The summed E-state index contributed by atoms with van der Waals surface area (Å²) < 4.78 is 0.